The number of hydrogen-bond acceptors (Lipinski definition) is 5. The molecule has 5 nitrogen and oxygen atoms in total. The van der Waals surface area contributed by atoms with Gasteiger partial charge in [-0.2, -0.15) is 0 Å². The number of carbonyl (C=O) groups excluding carboxylic acids is 2. The van der Waals surface area contributed by atoms with Gasteiger partial charge in [-0.15, -0.1) is 0 Å². The van der Waals surface area contributed by atoms with E-state index in [1.807, 2.05) is 0 Å². The molecule has 0 aliphatic carbocycles. The third-order valence-electron chi connectivity index (χ3n) is 12.3. The van der Waals surface area contributed by atoms with Crippen molar-refractivity contribution in [3.63, 3.8) is 0 Å². The highest BCUT2D eigenvalue weighted by molar-refractivity contribution is 5.70. The van der Waals surface area contributed by atoms with Crippen molar-refractivity contribution in [2.75, 3.05) is 19.8 Å². The highest BCUT2D eigenvalue weighted by Gasteiger charge is 2.17. The maximum absolute atomic E-state index is 12.8. The number of allylic oxidation sites excluding steroid dienone is 8. The second-order valence-corrected chi connectivity index (χ2v) is 18.8. The van der Waals surface area contributed by atoms with Crippen LogP contribution in [0.2, 0.25) is 0 Å². The molecule has 0 spiro atoms. The molecule has 0 amide bonds. The summed E-state index contributed by atoms with van der Waals surface area (Å²) < 4.78 is 17.5. The number of carbonyl (C=O) groups is 2. The molecule has 0 bridgehead atoms. The van der Waals surface area contributed by atoms with Crippen LogP contribution in [0.3, 0.4) is 0 Å². The monoisotopic (exact) mass is 897 g/mol. The van der Waals surface area contributed by atoms with E-state index in [1.165, 1.54) is 186 Å². The minimum absolute atomic E-state index is 0.0785. The molecule has 0 aliphatic rings. The van der Waals surface area contributed by atoms with Crippen molar-refractivity contribution < 1.29 is 23.8 Å². The summed E-state index contributed by atoms with van der Waals surface area (Å²) >= 11 is 0. The molecule has 1 atom stereocenters. The predicted octanol–water partition coefficient (Wildman–Crippen LogP) is 19.1. The van der Waals surface area contributed by atoms with Crippen molar-refractivity contribution in [1.82, 2.24) is 0 Å². The summed E-state index contributed by atoms with van der Waals surface area (Å²) in [6.45, 7) is 7.82. The maximum Gasteiger partial charge on any atom is 0.306 e. The lowest BCUT2D eigenvalue weighted by Gasteiger charge is -2.18. The molecule has 0 saturated carbocycles. The van der Waals surface area contributed by atoms with Crippen molar-refractivity contribution in [2.24, 2.45) is 0 Å². The molecule has 0 saturated heterocycles. The minimum atomic E-state index is -0.543. The fourth-order valence-corrected chi connectivity index (χ4v) is 8.10. The van der Waals surface area contributed by atoms with Crippen LogP contribution >= 0.6 is 0 Å². The Morgan fingerprint density at radius 1 is 0.344 bits per heavy atom. The molecule has 1 unspecified atom stereocenters. The quantitative estimate of drug-likeness (QED) is 0.0346. The average molecular weight is 898 g/mol. The van der Waals surface area contributed by atoms with Gasteiger partial charge in [0, 0.05) is 19.4 Å². The highest BCUT2D eigenvalue weighted by Crippen LogP contribution is 2.15. The molecule has 0 aromatic rings. The van der Waals surface area contributed by atoms with Crippen LogP contribution in [0.4, 0.5) is 0 Å². The summed E-state index contributed by atoms with van der Waals surface area (Å²) in [4.78, 5) is 25.5. The van der Waals surface area contributed by atoms with Crippen LogP contribution in [0, 0.1) is 0 Å². The molecule has 0 radical (unpaired) electrons. The molecule has 0 heterocycles. The largest absolute Gasteiger partial charge is 0.462 e. The molecular weight excluding hydrogens is 789 g/mol. The van der Waals surface area contributed by atoms with E-state index in [1.54, 1.807) is 0 Å². The van der Waals surface area contributed by atoms with Gasteiger partial charge in [0.05, 0.1) is 6.61 Å². The van der Waals surface area contributed by atoms with Crippen LogP contribution in [0.1, 0.15) is 290 Å². The number of ether oxygens (including phenoxy) is 3. The Hall–Kier alpha value is -2.14. The minimum Gasteiger partial charge on any atom is -0.462 e. The first-order valence-electron chi connectivity index (χ1n) is 28.2. The zero-order valence-electron chi connectivity index (χ0n) is 43.1. The van der Waals surface area contributed by atoms with Gasteiger partial charge < -0.3 is 14.2 Å². The third-order valence-corrected chi connectivity index (χ3v) is 12.3. The maximum atomic E-state index is 12.8. The topological polar surface area (TPSA) is 61.8 Å². The van der Waals surface area contributed by atoms with Crippen LogP contribution in [0.5, 0.6) is 0 Å². The Morgan fingerprint density at radius 3 is 1.09 bits per heavy atom. The molecule has 0 aliphatic heterocycles. The first kappa shape index (κ1) is 61.9. The lowest BCUT2D eigenvalue weighted by molar-refractivity contribution is -0.163. The van der Waals surface area contributed by atoms with Crippen LogP contribution in [-0.4, -0.2) is 37.9 Å². The van der Waals surface area contributed by atoms with Gasteiger partial charge in [-0.1, -0.05) is 243 Å². The Balaban J connectivity index is 4.27. The summed E-state index contributed by atoms with van der Waals surface area (Å²) in [7, 11) is 0. The summed E-state index contributed by atoms with van der Waals surface area (Å²) in [6.07, 6.45) is 68.3. The van der Waals surface area contributed by atoms with E-state index >= 15 is 0 Å². The molecule has 0 fully saturated rings. The lowest BCUT2D eigenvalue weighted by atomic mass is 10.0. The van der Waals surface area contributed by atoms with E-state index in [0.29, 0.717) is 19.4 Å². The number of esters is 2. The SMILES string of the molecule is CCCCC/C=C\C/C=C\C/C=C\CCCCCCCCC(=O)OCC(COCCCCCCCCCCCCCCCC)OC(=O)CCCCCCC/C=C\CCCCCCCC. The molecule has 5 heteroatoms. The second-order valence-electron chi connectivity index (χ2n) is 18.8. The van der Waals surface area contributed by atoms with Crippen molar-refractivity contribution in [3.05, 3.63) is 48.6 Å². The van der Waals surface area contributed by atoms with Crippen molar-refractivity contribution in [3.8, 4) is 0 Å². The first-order chi connectivity index (χ1) is 31.6. The van der Waals surface area contributed by atoms with Crippen molar-refractivity contribution in [2.45, 2.75) is 297 Å². The Morgan fingerprint density at radius 2 is 0.656 bits per heavy atom. The van der Waals surface area contributed by atoms with Crippen LogP contribution in [-0.2, 0) is 23.8 Å². The van der Waals surface area contributed by atoms with Crippen LogP contribution in [0.25, 0.3) is 0 Å². The summed E-state index contributed by atoms with van der Waals surface area (Å²) in [6, 6.07) is 0. The van der Waals surface area contributed by atoms with Crippen LogP contribution in [0.15, 0.2) is 48.6 Å². The predicted molar refractivity (Wildman–Crippen MR) is 279 cm³/mol. The van der Waals surface area contributed by atoms with Gasteiger partial charge >= 0.3 is 11.9 Å². The Bertz CT molecular complexity index is 1060. The van der Waals surface area contributed by atoms with E-state index in [0.717, 1.165) is 70.6 Å². The molecule has 0 rings (SSSR count). The standard InChI is InChI=1S/C59H108O5/c1-4-7-10-13-16-19-22-25-28-29-30-31-33-34-37-40-43-46-49-52-58(60)63-56-57(55-62-54-51-48-45-42-39-36-27-24-21-18-15-12-9-6-3)64-59(61)53-50-47-44-41-38-35-32-26-23-20-17-14-11-8-5-2/h16,19,25-26,28,30-32,57H,4-15,17-18,20-24,27,29,33-56H2,1-3H3/b19-16-,28-25-,31-30-,32-26-. The number of rotatable bonds is 52. The van der Waals surface area contributed by atoms with E-state index in [-0.39, 0.29) is 25.2 Å². The van der Waals surface area contributed by atoms with E-state index in [4.69, 9.17) is 14.2 Å². The zero-order valence-corrected chi connectivity index (χ0v) is 43.1. The molecule has 374 valence electrons. The molecule has 0 N–H and O–H groups in total. The van der Waals surface area contributed by atoms with E-state index < -0.39 is 6.10 Å². The number of unbranched alkanes of at least 4 members (excludes halogenated alkanes) is 33. The normalized spacial score (nSPS) is 12.5. The molecule has 64 heavy (non-hydrogen) atoms. The zero-order chi connectivity index (χ0) is 46.3. The third kappa shape index (κ3) is 52.5. The van der Waals surface area contributed by atoms with Gasteiger partial charge in [0.25, 0.3) is 0 Å². The smallest absolute Gasteiger partial charge is 0.306 e. The highest BCUT2D eigenvalue weighted by atomic mass is 16.6. The fourth-order valence-electron chi connectivity index (χ4n) is 8.10. The fraction of sp³-hybridized carbons (Fsp3) is 0.831. The number of hydrogen-bond donors (Lipinski definition) is 0. The van der Waals surface area contributed by atoms with Crippen LogP contribution < -0.4 is 0 Å². The van der Waals surface area contributed by atoms with Gasteiger partial charge in [0.15, 0.2) is 6.10 Å². The van der Waals surface area contributed by atoms with Gasteiger partial charge in [-0.3, -0.25) is 9.59 Å². The molecule has 0 aromatic heterocycles. The summed E-state index contributed by atoms with van der Waals surface area (Å²) in [5.41, 5.74) is 0. The molecular formula is C59H108O5. The Kier molecular flexibility index (Phi) is 53.3. The summed E-state index contributed by atoms with van der Waals surface area (Å²) in [5.74, 6) is -0.407. The van der Waals surface area contributed by atoms with Gasteiger partial charge in [0.2, 0.25) is 0 Å². The molecule has 0 aromatic carbocycles. The Labute approximate surface area is 399 Å². The summed E-state index contributed by atoms with van der Waals surface area (Å²) in [5, 5.41) is 0. The first-order valence-corrected chi connectivity index (χ1v) is 28.2. The van der Waals surface area contributed by atoms with E-state index in [2.05, 4.69) is 69.4 Å². The average Bonchev–Trinajstić information content (AvgIpc) is 3.30. The second kappa shape index (κ2) is 55.2. The lowest BCUT2D eigenvalue weighted by Crippen LogP contribution is -2.30. The van der Waals surface area contributed by atoms with Crippen molar-refractivity contribution >= 4 is 11.9 Å². The van der Waals surface area contributed by atoms with Crippen molar-refractivity contribution in [1.29, 1.82) is 0 Å². The van der Waals surface area contributed by atoms with Gasteiger partial charge in [-0.05, 0) is 83.5 Å². The van der Waals surface area contributed by atoms with Gasteiger partial charge in [0.1, 0.15) is 6.61 Å². The van der Waals surface area contributed by atoms with Gasteiger partial charge in [-0.25, -0.2) is 0 Å². The van der Waals surface area contributed by atoms with E-state index in [9.17, 15) is 9.59 Å².